The Morgan fingerprint density at radius 1 is 1.22 bits per heavy atom. The molecule has 1 N–H and O–H groups in total. The van der Waals surface area contributed by atoms with E-state index in [9.17, 15) is 4.79 Å². The standard InChI is InChI=1S/C19H21ClN2O4S/c1-3-25-19(23)22-21-13-14-4-9-17(18(12-14)24-2)26-10-11-27-16-7-5-15(20)6-8-16/h4-9,12-13H,3,10-11H2,1-2H3,(H,22,23). The topological polar surface area (TPSA) is 69.2 Å². The van der Waals surface area contributed by atoms with Crippen LogP contribution in [0.1, 0.15) is 12.5 Å². The first-order valence-corrected chi connectivity index (χ1v) is 9.63. The number of rotatable bonds is 9. The van der Waals surface area contributed by atoms with Crippen LogP contribution in [0, 0.1) is 0 Å². The van der Waals surface area contributed by atoms with Crippen molar-refractivity contribution in [1.29, 1.82) is 0 Å². The average molecular weight is 409 g/mol. The van der Waals surface area contributed by atoms with Crippen molar-refractivity contribution in [3.8, 4) is 11.5 Å². The zero-order valence-electron chi connectivity index (χ0n) is 15.1. The summed E-state index contributed by atoms with van der Waals surface area (Å²) < 4.78 is 15.9. The first kappa shape index (κ1) is 20.9. The van der Waals surface area contributed by atoms with Crippen molar-refractivity contribution in [3.05, 3.63) is 53.1 Å². The Hall–Kier alpha value is -2.38. The van der Waals surface area contributed by atoms with Gasteiger partial charge in [-0.15, -0.1) is 11.8 Å². The van der Waals surface area contributed by atoms with Gasteiger partial charge in [0, 0.05) is 15.7 Å². The number of hydrazone groups is 1. The molecule has 6 nitrogen and oxygen atoms in total. The second kappa shape index (κ2) is 11.4. The number of nitrogens with one attached hydrogen (secondary N) is 1. The van der Waals surface area contributed by atoms with E-state index < -0.39 is 6.09 Å². The molecule has 0 aliphatic heterocycles. The molecule has 2 rings (SSSR count). The number of hydrogen-bond acceptors (Lipinski definition) is 6. The minimum absolute atomic E-state index is 0.289. The van der Waals surface area contributed by atoms with Crippen LogP contribution >= 0.6 is 23.4 Å². The summed E-state index contributed by atoms with van der Waals surface area (Å²) in [5.41, 5.74) is 3.03. The Kier molecular flexibility index (Phi) is 8.80. The SMILES string of the molecule is CCOC(=O)NN=Cc1ccc(OCCSc2ccc(Cl)cc2)c(OC)c1. The summed E-state index contributed by atoms with van der Waals surface area (Å²) in [6, 6.07) is 13.1. The first-order valence-electron chi connectivity index (χ1n) is 8.27. The van der Waals surface area contributed by atoms with E-state index in [1.165, 1.54) is 6.21 Å². The predicted octanol–water partition coefficient (Wildman–Crippen LogP) is 4.60. The zero-order valence-corrected chi connectivity index (χ0v) is 16.7. The van der Waals surface area contributed by atoms with Gasteiger partial charge in [-0.3, -0.25) is 0 Å². The minimum Gasteiger partial charge on any atom is -0.493 e. The van der Waals surface area contributed by atoms with Crippen LogP contribution < -0.4 is 14.9 Å². The summed E-state index contributed by atoms with van der Waals surface area (Å²) in [6.45, 7) is 2.54. The monoisotopic (exact) mass is 408 g/mol. The first-order chi connectivity index (χ1) is 13.1. The fraction of sp³-hybridized carbons (Fsp3) is 0.263. The van der Waals surface area contributed by atoms with Crippen molar-refractivity contribution in [1.82, 2.24) is 5.43 Å². The van der Waals surface area contributed by atoms with Crippen LogP contribution in [0.25, 0.3) is 0 Å². The maximum absolute atomic E-state index is 11.2. The van der Waals surface area contributed by atoms with Crippen LogP contribution in [0.3, 0.4) is 0 Å². The molecule has 0 aliphatic rings. The number of hydrogen-bond donors (Lipinski definition) is 1. The number of thioether (sulfide) groups is 1. The van der Waals surface area contributed by atoms with Crippen molar-refractivity contribution < 1.29 is 19.0 Å². The molecular weight excluding hydrogens is 388 g/mol. The Labute approximate surface area is 167 Å². The number of halogens is 1. The molecule has 1 amide bonds. The lowest BCUT2D eigenvalue weighted by Crippen LogP contribution is -2.18. The summed E-state index contributed by atoms with van der Waals surface area (Å²) in [4.78, 5) is 12.3. The van der Waals surface area contributed by atoms with Crippen molar-refractivity contribution in [3.63, 3.8) is 0 Å². The van der Waals surface area contributed by atoms with Gasteiger partial charge in [-0.25, -0.2) is 10.2 Å². The van der Waals surface area contributed by atoms with Crippen LogP contribution in [0.15, 0.2) is 52.5 Å². The van der Waals surface area contributed by atoms with Gasteiger partial charge in [-0.2, -0.15) is 5.10 Å². The van der Waals surface area contributed by atoms with Gasteiger partial charge in [0.1, 0.15) is 0 Å². The van der Waals surface area contributed by atoms with E-state index in [4.69, 9.17) is 25.8 Å². The summed E-state index contributed by atoms with van der Waals surface area (Å²) in [7, 11) is 1.57. The average Bonchev–Trinajstić information content (AvgIpc) is 2.67. The lowest BCUT2D eigenvalue weighted by atomic mass is 10.2. The lowest BCUT2D eigenvalue weighted by Gasteiger charge is -2.11. The third kappa shape index (κ3) is 7.40. The van der Waals surface area contributed by atoms with Crippen LogP contribution in [-0.4, -0.2) is 38.4 Å². The normalized spacial score (nSPS) is 10.6. The molecule has 2 aromatic carbocycles. The molecule has 0 saturated heterocycles. The molecule has 8 heteroatoms. The van der Waals surface area contributed by atoms with E-state index in [-0.39, 0.29) is 6.61 Å². The highest BCUT2D eigenvalue weighted by Crippen LogP contribution is 2.28. The summed E-state index contributed by atoms with van der Waals surface area (Å²) in [6.07, 6.45) is 0.901. The summed E-state index contributed by atoms with van der Waals surface area (Å²) in [5, 5.41) is 4.55. The van der Waals surface area contributed by atoms with E-state index in [0.29, 0.717) is 18.1 Å². The molecule has 0 radical (unpaired) electrons. The number of ether oxygens (including phenoxy) is 3. The van der Waals surface area contributed by atoms with E-state index in [1.807, 2.05) is 30.3 Å². The molecule has 0 atom stereocenters. The number of carbonyl (C=O) groups excluding carboxylic acids is 1. The van der Waals surface area contributed by atoms with Crippen molar-refractivity contribution in [2.45, 2.75) is 11.8 Å². The molecule has 2 aromatic rings. The molecule has 0 spiro atoms. The maximum atomic E-state index is 11.2. The summed E-state index contributed by atoms with van der Waals surface area (Å²) in [5.74, 6) is 2.02. The van der Waals surface area contributed by atoms with Crippen molar-refractivity contribution in [2.24, 2.45) is 5.10 Å². The van der Waals surface area contributed by atoms with Gasteiger partial charge in [-0.1, -0.05) is 11.6 Å². The van der Waals surface area contributed by atoms with Gasteiger partial charge in [0.15, 0.2) is 11.5 Å². The van der Waals surface area contributed by atoms with Crippen molar-refractivity contribution >= 4 is 35.7 Å². The highest BCUT2D eigenvalue weighted by atomic mass is 35.5. The molecule has 0 aliphatic carbocycles. The predicted molar refractivity (Wildman–Crippen MR) is 108 cm³/mol. The zero-order chi connectivity index (χ0) is 19.5. The summed E-state index contributed by atoms with van der Waals surface area (Å²) >= 11 is 7.56. The molecule has 0 fully saturated rings. The molecule has 0 heterocycles. The molecular formula is C19H21ClN2O4S. The van der Waals surface area contributed by atoms with E-state index >= 15 is 0 Å². The molecule has 144 valence electrons. The Balaban J connectivity index is 1.85. The second-order valence-corrected chi connectivity index (χ2v) is 6.76. The van der Waals surface area contributed by atoms with Crippen LogP contribution in [0.4, 0.5) is 4.79 Å². The van der Waals surface area contributed by atoms with Crippen LogP contribution in [0.2, 0.25) is 5.02 Å². The largest absolute Gasteiger partial charge is 0.493 e. The Bertz CT molecular complexity index is 769. The molecule has 27 heavy (non-hydrogen) atoms. The van der Waals surface area contributed by atoms with Gasteiger partial charge in [0.05, 0.1) is 26.5 Å². The molecule has 0 aromatic heterocycles. The Morgan fingerprint density at radius 2 is 2.00 bits per heavy atom. The molecule has 0 unspecified atom stereocenters. The quantitative estimate of drug-likeness (QED) is 0.284. The highest BCUT2D eigenvalue weighted by Gasteiger charge is 2.06. The third-order valence-electron chi connectivity index (χ3n) is 3.26. The van der Waals surface area contributed by atoms with Gasteiger partial charge in [0.2, 0.25) is 0 Å². The van der Waals surface area contributed by atoms with E-state index in [2.05, 4.69) is 10.5 Å². The minimum atomic E-state index is -0.598. The highest BCUT2D eigenvalue weighted by molar-refractivity contribution is 7.99. The van der Waals surface area contributed by atoms with Crippen LogP contribution in [-0.2, 0) is 4.74 Å². The smallest absolute Gasteiger partial charge is 0.427 e. The third-order valence-corrected chi connectivity index (χ3v) is 4.48. The Morgan fingerprint density at radius 3 is 2.70 bits per heavy atom. The maximum Gasteiger partial charge on any atom is 0.427 e. The van der Waals surface area contributed by atoms with E-state index in [0.717, 1.165) is 21.2 Å². The number of benzene rings is 2. The van der Waals surface area contributed by atoms with E-state index in [1.54, 1.807) is 37.9 Å². The van der Waals surface area contributed by atoms with Gasteiger partial charge in [0.25, 0.3) is 0 Å². The fourth-order valence-corrected chi connectivity index (χ4v) is 2.91. The molecule has 0 saturated carbocycles. The fourth-order valence-electron chi connectivity index (χ4n) is 2.05. The number of carbonyl (C=O) groups is 1. The second-order valence-electron chi connectivity index (χ2n) is 5.15. The van der Waals surface area contributed by atoms with Gasteiger partial charge >= 0.3 is 6.09 Å². The van der Waals surface area contributed by atoms with Gasteiger partial charge < -0.3 is 14.2 Å². The number of methoxy groups -OCH3 is 1. The molecule has 0 bridgehead atoms. The van der Waals surface area contributed by atoms with Crippen molar-refractivity contribution in [2.75, 3.05) is 26.1 Å². The van der Waals surface area contributed by atoms with Crippen LogP contribution in [0.5, 0.6) is 11.5 Å². The number of nitrogens with zero attached hydrogens (tertiary/aromatic N) is 1. The number of amides is 1. The van der Waals surface area contributed by atoms with Gasteiger partial charge in [-0.05, 0) is 55.0 Å². The lowest BCUT2D eigenvalue weighted by molar-refractivity contribution is 0.152.